The Labute approximate surface area is 236 Å². The molecule has 0 saturated heterocycles. The van der Waals surface area contributed by atoms with Crippen molar-refractivity contribution in [3.05, 3.63) is 84.4 Å². The first-order valence-electron chi connectivity index (χ1n) is 13.1. The van der Waals surface area contributed by atoms with Gasteiger partial charge in [-0.25, -0.2) is 8.42 Å². The van der Waals surface area contributed by atoms with Crippen molar-refractivity contribution in [2.45, 2.75) is 50.7 Å². The van der Waals surface area contributed by atoms with Crippen LogP contribution in [0.2, 0.25) is 0 Å². The van der Waals surface area contributed by atoms with Crippen LogP contribution in [-0.4, -0.2) is 58.0 Å². The summed E-state index contributed by atoms with van der Waals surface area (Å²) >= 11 is 0. The summed E-state index contributed by atoms with van der Waals surface area (Å²) in [4.78, 5) is 28.5. The van der Waals surface area contributed by atoms with Gasteiger partial charge in [0.05, 0.1) is 24.8 Å². The Bertz CT molecular complexity index is 1380. The third kappa shape index (κ3) is 7.32. The van der Waals surface area contributed by atoms with Crippen molar-refractivity contribution >= 4 is 27.5 Å². The van der Waals surface area contributed by atoms with E-state index < -0.39 is 28.5 Å². The molecule has 3 aromatic rings. The minimum atomic E-state index is -4.18. The zero-order chi connectivity index (χ0) is 29.3. The molecular weight excluding hydrogens is 530 g/mol. The highest BCUT2D eigenvalue weighted by molar-refractivity contribution is 7.92. The Morgan fingerprint density at radius 2 is 1.48 bits per heavy atom. The van der Waals surface area contributed by atoms with Gasteiger partial charge >= 0.3 is 0 Å². The molecule has 40 heavy (non-hydrogen) atoms. The van der Waals surface area contributed by atoms with Crippen molar-refractivity contribution in [3.8, 4) is 11.5 Å². The minimum absolute atomic E-state index is 0.0229. The predicted molar refractivity (Wildman–Crippen MR) is 155 cm³/mol. The number of hydrogen-bond donors (Lipinski definition) is 1. The van der Waals surface area contributed by atoms with Gasteiger partial charge in [0.25, 0.3) is 10.0 Å². The number of rotatable bonds is 13. The first kappa shape index (κ1) is 30.5. The van der Waals surface area contributed by atoms with Gasteiger partial charge in [-0.15, -0.1) is 0 Å². The molecule has 0 aromatic heterocycles. The fourth-order valence-electron chi connectivity index (χ4n) is 4.06. The number of benzene rings is 3. The van der Waals surface area contributed by atoms with Crippen molar-refractivity contribution < 1.29 is 27.5 Å². The van der Waals surface area contributed by atoms with Crippen molar-refractivity contribution in [2.75, 3.05) is 25.1 Å². The molecule has 1 N–H and O–H groups in total. The molecule has 0 unspecified atom stereocenters. The number of ether oxygens (including phenoxy) is 2. The molecule has 2 atom stereocenters. The highest BCUT2D eigenvalue weighted by atomic mass is 32.2. The van der Waals surface area contributed by atoms with Crippen LogP contribution in [0.25, 0.3) is 0 Å². The summed E-state index contributed by atoms with van der Waals surface area (Å²) in [6.07, 6.45) is 0.730. The number of nitrogens with zero attached hydrogens (tertiary/aromatic N) is 2. The minimum Gasteiger partial charge on any atom is -0.493 e. The molecule has 0 spiro atoms. The third-order valence-corrected chi connectivity index (χ3v) is 8.42. The predicted octanol–water partition coefficient (Wildman–Crippen LogP) is 4.23. The number of carbonyl (C=O) groups excluding carboxylic acids is 2. The van der Waals surface area contributed by atoms with Crippen molar-refractivity contribution in [3.63, 3.8) is 0 Å². The van der Waals surface area contributed by atoms with Gasteiger partial charge in [0.1, 0.15) is 12.6 Å². The number of nitrogens with one attached hydrogen (secondary N) is 1. The standard InChI is InChI=1S/C30H37N3O6S/c1-6-22(2)31-30(35)23(3)32(20-24-13-9-7-10-14-24)29(34)21-33(40(36,37)26-15-11-8-12-16-26)25-17-18-27(38-4)28(19-25)39-5/h7-19,22-23H,6,20-21H2,1-5H3,(H,31,35)/t22-,23+/m1/s1. The molecule has 3 rings (SSSR count). The molecule has 3 aromatic carbocycles. The highest BCUT2D eigenvalue weighted by Crippen LogP contribution is 2.34. The van der Waals surface area contributed by atoms with E-state index in [1.165, 1.54) is 37.3 Å². The highest BCUT2D eigenvalue weighted by Gasteiger charge is 2.33. The molecule has 0 fully saturated rings. The van der Waals surface area contributed by atoms with E-state index in [0.717, 1.165) is 16.3 Å². The van der Waals surface area contributed by atoms with E-state index in [-0.39, 0.29) is 29.1 Å². The van der Waals surface area contributed by atoms with E-state index in [9.17, 15) is 18.0 Å². The number of methoxy groups -OCH3 is 2. The zero-order valence-corrected chi connectivity index (χ0v) is 24.4. The van der Waals surface area contributed by atoms with Gasteiger partial charge < -0.3 is 19.7 Å². The molecule has 0 radical (unpaired) electrons. The Kier molecular flexibility index (Phi) is 10.6. The lowest BCUT2D eigenvalue weighted by atomic mass is 10.1. The lowest BCUT2D eigenvalue weighted by Crippen LogP contribution is -2.52. The SMILES string of the molecule is CC[C@@H](C)NC(=O)[C@H](C)N(Cc1ccccc1)C(=O)CN(c1ccc(OC)c(OC)c1)S(=O)(=O)c1ccccc1. The van der Waals surface area contributed by atoms with Gasteiger partial charge in [0, 0.05) is 18.7 Å². The normalized spacial score (nSPS) is 12.6. The Hall–Kier alpha value is -4.05. The van der Waals surface area contributed by atoms with E-state index in [2.05, 4.69) is 5.32 Å². The van der Waals surface area contributed by atoms with E-state index in [4.69, 9.17) is 9.47 Å². The Morgan fingerprint density at radius 1 is 0.875 bits per heavy atom. The summed E-state index contributed by atoms with van der Waals surface area (Å²) in [7, 11) is -1.25. The van der Waals surface area contributed by atoms with Crippen molar-refractivity contribution in [2.24, 2.45) is 0 Å². The maximum Gasteiger partial charge on any atom is 0.264 e. The average Bonchev–Trinajstić information content (AvgIpc) is 2.98. The van der Waals surface area contributed by atoms with E-state index >= 15 is 0 Å². The van der Waals surface area contributed by atoms with Gasteiger partial charge in [-0.1, -0.05) is 55.5 Å². The average molecular weight is 568 g/mol. The lowest BCUT2D eigenvalue weighted by Gasteiger charge is -2.32. The summed E-state index contributed by atoms with van der Waals surface area (Å²) < 4.78 is 39.5. The number of carbonyl (C=O) groups is 2. The van der Waals surface area contributed by atoms with Gasteiger partial charge in [-0.3, -0.25) is 13.9 Å². The number of anilines is 1. The second-order valence-corrected chi connectivity index (χ2v) is 11.2. The van der Waals surface area contributed by atoms with Crippen LogP contribution in [-0.2, 0) is 26.2 Å². The summed E-state index contributed by atoms with van der Waals surface area (Å²) in [6, 6.07) is 20.8. The second-order valence-electron chi connectivity index (χ2n) is 9.37. The van der Waals surface area contributed by atoms with Crippen LogP contribution < -0.4 is 19.1 Å². The van der Waals surface area contributed by atoms with Crippen LogP contribution >= 0.6 is 0 Å². The molecule has 0 aliphatic carbocycles. The third-order valence-electron chi connectivity index (χ3n) is 6.63. The first-order valence-corrected chi connectivity index (χ1v) is 14.5. The van der Waals surface area contributed by atoms with Crippen LogP contribution in [0.5, 0.6) is 11.5 Å². The summed E-state index contributed by atoms with van der Waals surface area (Å²) in [5.41, 5.74) is 1.02. The molecule has 0 bridgehead atoms. The van der Waals surface area contributed by atoms with Gasteiger partial charge in [0.2, 0.25) is 11.8 Å². The smallest absolute Gasteiger partial charge is 0.264 e. The maximum atomic E-state index is 14.0. The van der Waals surface area contributed by atoms with E-state index in [1.54, 1.807) is 37.3 Å². The van der Waals surface area contributed by atoms with Gasteiger partial charge in [-0.05, 0) is 50.1 Å². The molecule has 0 heterocycles. The molecule has 0 saturated carbocycles. The Balaban J connectivity index is 2.06. The van der Waals surface area contributed by atoms with Crippen LogP contribution in [0.3, 0.4) is 0 Å². The number of sulfonamides is 1. The van der Waals surface area contributed by atoms with Crippen molar-refractivity contribution in [1.29, 1.82) is 0 Å². The quantitative estimate of drug-likeness (QED) is 0.332. The number of amides is 2. The fourth-order valence-corrected chi connectivity index (χ4v) is 5.48. The van der Waals surface area contributed by atoms with Crippen LogP contribution in [0.4, 0.5) is 5.69 Å². The maximum absolute atomic E-state index is 14.0. The second kappa shape index (κ2) is 13.8. The molecular formula is C30H37N3O6S. The van der Waals surface area contributed by atoms with Crippen molar-refractivity contribution in [1.82, 2.24) is 10.2 Å². The summed E-state index contributed by atoms with van der Waals surface area (Å²) in [5, 5.41) is 2.92. The molecule has 9 nitrogen and oxygen atoms in total. The largest absolute Gasteiger partial charge is 0.493 e. The zero-order valence-electron chi connectivity index (χ0n) is 23.5. The Morgan fingerprint density at radius 3 is 2.05 bits per heavy atom. The monoisotopic (exact) mass is 567 g/mol. The van der Waals surface area contributed by atoms with Gasteiger partial charge in [-0.2, -0.15) is 0 Å². The fraction of sp³-hybridized carbons (Fsp3) is 0.333. The van der Waals surface area contributed by atoms with E-state index in [1.807, 2.05) is 44.2 Å². The van der Waals surface area contributed by atoms with Gasteiger partial charge in [0.15, 0.2) is 11.5 Å². The number of hydrogen-bond acceptors (Lipinski definition) is 6. The molecule has 2 amide bonds. The van der Waals surface area contributed by atoms with Crippen LogP contribution in [0, 0.1) is 0 Å². The topological polar surface area (TPSA) is 105 Å². The molecule has 0 aliphatic heterocycles. The van der Waals surface area contributed by atoms with Crippen LogP contribution in [0.1, 0.15) is 32.8 Å². The lowest BCUT2D eigenvalue weighted by molar-refractivity contribution is -0.139. The molecule has 10 heteroatoms. The first-order chi connectivity index (χ1) is 19.1. The molecule has 214 valence electrons. The van der Waals surface area contributed by atoms with E-state index in [0.29, 0.717) is 11.5 Å². The van der Waals surface area contributed by atoms with Crippen LogP contribution in [0.15, 0.2) is 83.8 Å². The molecule has 0 aliphatic rings. The summed E-state index contributed by atoms with van der Waals surface area (Å²) in [5.74, 6) is -0.133. The summed E-state index contributed by atoms with van der Waals surface area (Å²) in [6.45, 7) is 5.07.